The molecule has 9 nitrogen and oxygen atoms in total. The number of halogens is 1. The monoisotopic (exact) mass is 492 g/mol. The lowest BCUT2D eigenvalue weighted by Crippen LogP contribution is -2.51. The number of ether oxygens (including phenoxy) is 1. The number of rotatable bonds is 10. The number of para-hydroxylation sites is 1. The highest BCUT2D eigenvalue weighted by Gasteiger charge is 2.25. The lowest BCUT2D eigenvalue weighted by atomic mass is 10.2. The second kappa shape index (κ2) is 11.9. The fourth-order valence-electron chi connectivity index (χ4n) is 3.54. The molecule has 2 amide bonds. The third-order valence-electron chi connectivity index (χ3n) is 5.38. The molecule has 1 fully saturated rings. The number of amides is 2. The number of piperazine rings is 1. The van der Waals surface area contributed by atoms with Crippen molar-refractivity contribution in [2.24, 2.45) is 0 Å². The van der Waals surface area contributed by atoms with Crippen LogP contribution >= 0.6 is 0 Å². The van der Waals surface area contributed by atoms with Gasteiger partial charge in [-0.1, -0.05) is 18.2 Å². The Bertz CT molecular complexity index is 1100. The second-order valence-corrected chi connectivity index (χ2v) is 9.56. The lowest BCUT2D eigenvalue weighted by molar-refractivity contribution is -0.122. The van der Waals surface area contributed by atoms with Crippen molar-refractivity contribution < 1.29 is 27.1 Å². The van der Waals surface area contributed by atoms with Crippen LogP contribution in [0.1, 0.15) is 16.8 Å². The van der Waals surface area contributed by atoms with E-state index in [1.165, 1.54) is 36.4 Å². The molecule has 0 aromatic heterocycles. The third-order valence-corrected chi connectivity index (χ3v) is 6.75. The van der Waals surface area contributed by atoms with Crippen LogP contribution in [0.3, 0.4) is 0 Å². The van der Waals surface area contributed by atoms with Gasteiger partial charge in [-0.3, -0.25) is 19.2 Å². The maximum Gasteiger partial charge on any atom is 0.262 e. The normalized spacial score (nSPS) is 14.6. The van der Waals surface area contributed by atoms with Crippen molar-refractivity contribution in [1.29, 1.82) is 0 Å². The number of carbonyl (C=O) groups is 2. The van der Waals surface area contributed by atoms with Crippen molar-refractivity contribution in [1.82, 2.24) is 15.1 Å². The quantitative estimate of drug-likeness (QED) is 0.487. The zero-order valence-electron chi connectivity index (χ0n) is 19.0. The molecule has 2 N–H and O–H groups in total. The lowest BCUT2D eigenvalue weighted by Gasteiger charge is -2.34. The Hall–Kier alpha value is -3.02. The highest BCUT2D eigenvalue weighted by Crippen LogP contribution is 2.20. The number of anilines is 1. The predicted octanol–water partition coefficient (Wildman–Crippen LogP) is 1.54. The van der Waals surface area contributed by atoms with E-state index in [0.29, 0.717) is 39.3 Å². The molecule has 1 aliphatic heterocycles. The summed E-state index contributed by atoms with van der Waals surface area (Å²) in [6.45, 7) is 3.29. The molecule has 0 spiro atoms. The summed E-state index contributed by atoms with van der Waals surface area (Å²) in [4.78, 5) is 28.5. The zero-order valence-corrected chi connectivity index (χ0v) is 19.8. The van der Waals surface area contributed by atoms with Crippen LogP contribution in [-0.2, 0) is 19.6 Å². The summed E-state index contributed by atoms with van der Waals surface area (Å²) in [5.41, 5.74) is 0.0545. The van der Waals surface area contributed by atoms with Gasteiger partial charge in [0.15, 0.2) is 0 Å². The Labute approximate surface area is 198 Å². The topological polar surface area (TPSA) is 108 Å². The van der Waals surface area contributed by atoms with E-state index in [-0.39, 0.29) is 34.5 Å². The van der Waals surface area contributed by atoms with Gasteiger partial charge in [0.25, 0.3) is 15.9 Å². The van der Waals surface area contributed by atoms with E-state index in [9.17, 15) is 22.4 Å². The molecule has 11 heteroatoms. The predicted molar refractivity (Wildman–Crippen MR) is 125 cm³/mol. The Morgan fingerprint density at radius 1 is 1.06 bits per heavy atom. The van der Waals surface area contributed by atoms with Crippen LogP contribution in [0.15, 0.2) is 53.4 Å². The van der Waals surface area contributed by atoms with Gasteiger partial charge in [-0.2, -0.15) is 0 Å². The molecule has 2 aromatic rings. The molecule has 0 aliphatic carbocycles. The smallest absolute Gasteiger partial charge is 0.262 e. The van der Waals surface area contributed by atoms with Crippen LogP contribution < -0.4 is 10.0 Å². The average Bonchev–Trinajstić information content (AvgIpc) is 2.83. The molecule has 34 heavy (non-hydrogen) atoms. The summed E-state index contributed by atoms with van der Waals surface area (Å²) >= 11 is 0. The summed E-state index contributed by atoms with van der Waals surface area (Å²) in [7, 11) is -2.47. The molecule has 1 heterocycles. The van der Waals surface area contributed by atoms with E-state index in [2.05, 4.69) is 10.0 Å². The van der Waals surface area contributed by atoms with Crippen molar-refractivity contribution in [3.05, 3.63) is 59.9 Å². The summed E-state index contributed by atoms with van der Waals surface area (Å²) in [6.07, 6.45) is 0.745. The fourth-order valence-corrected chi connectivity index (χ4v) is 4.65. The van der Waals surface area contributed by atoms with Gasteiger partial charge in [-0.15, -0.1) is 0 Å². The number of methoxy groups -OCH3 is 1. The summed E-state index contributed by atoms with van der Waals surface area (Å²) < 4.78 is 46.4. The minimum atomic E-state index is -4.08. The van der Waals surface area contributed by atoms with E-state index >= 15 is 0 Å². The van der Waals surface area contributed by atoms with Crippen molar-refractivity contribution in [3.63, 3.8) is 0 Å². The van der Waals surface area contributed by atoms with E-state index in [4.69, 9.17) is 4.74 Å². The van der Waals surface area contributed by atoms with E-state index in [1.807, 2.05) is 4.90 Å². The maximum absolute atomic E-state index is 13.9. The first-order chi connectivity index (χ1) is 16.3. The van der Waals surface area contributed by atoms with E-state index < -0.39 is 15.8 Å². The Morgan fingerprint density at radius 2 is 1.79 bits per heavy atom. The highest BCUT2D eigenvalue weighted by molar-refractivity contribution is 7.92. The summed E-state index contributed by atoms with van der Waals surface area (Å²) in [6, 6.07) is 11.1. The SMILES string of the molecule is COCCCNC(=O)CN1CCN(C(=O)c2cccc(S(=O)(=O)Nc3ccccc3F)c2)CC1. The summed E-state index contributed by atoms with van der Waals surface area (Å²) in [5, 5.41) is 2.84. The van der Waals surface area contributed by atoms with Gasteiger partial charge >= 0.3 is 0 Å². The van der Waals surface area contributed by atoms with Crippen molar-refractivity contribution in [2.75, 3.05) is 57.7 Å². The fraction of sp³-hybridized carbons (Fsp3) is 0.391. The largest absolute Gasteiger partial charge is 0.385 e. The molecule has 3 rings (SSSR count). The number of nitrogens with zero attached hydrogens (tertiary/aromatic N) is 2. The van der Waals surface area contributed by atoms with Crippen LogP contribution in [-0.4, -0.2) is 83.0 Å². The third kappa shape index (κ3) is 6.99. The molecular weight excluding hydrogens is 463 g/mol. The number of sulfonamides is 1. The van der Waals surface area contributed by atoms with Gasteiger partial charge in [0.2, 0.25) is 5.91 Å². The first-order valence-corrected chi connectivity index (χ1v) is 12.4. The molecule has 1 aliphatic rings. The van der Waals surface area contributed by atoms with Gasteiger partial charge in [-0.25, -0.2) is 12.8 Å². The van der Waals surface area contributed by atoms with Gasteiger partial charge in [0, 0.05) is 52.0 Å². The van der Waals surface area contributed by atoms with Crippen LogP contribution in [0.25, 0.3) is 0 Å². The Kier molecular flexibility index (Phi) is 8.97. The standard InChI is InChI=1S/C23H29FN4O5S/c1-33-15-5-10-25-22(29)17-27-11-13-28(14-12-27)23(30)18-6-4-7-19(16-18)34(31,32)26-21-9-3-2-8-20(21)24/h2-4,6-9,16,26H,5,10-15,17H2,1H3,(H,25,29). The first kappa shape index (κ1) is 25.6. The molecule has 0 saturated carbocycles. The minimum Gasteiger partial charge on any atom is -0.385 e. The highest BCUT2D eigenvalue weighted by atomic mass is 32.2. The Balaban J connectivity index is 1.56. The summed E-state index contributed by atoms with van der Waals surface area (Å²) in [5.74, 6) is -1.07. The van der Waals surface area contributed by atoms with Crippen molar-refractivity contribution in [3.8, 4) is 0 Å². The van der Waals surface area contributed by atoms with Crippen molar-refractivity contribution >= 4 is 27.5 Å². The van der Waals surface area contributed by atoms with Gasteiger partial charge < -0.3 is 15.0 Å². The maximum atomic E-state index is 13.9. The van der Waals surface area contributed by atoms with Crippen LogP contribution in [0, 0.1) is 5.82 Å². The van der Waals surface area contributed by atoms with Gasteiger partial charge in [0.05, 0.1) is 17.1 Å². The first-order valence-electron chi connectivity index (χ1n) is 10.9. The number of benzene rings is 2. The van der Waals surface area contributed by atoms with Crippen LogP contribution in [0.4, 0.5) is 10.1 Å². The Morgan fingerprint density at radius 3 is 2.50 bits per heavy atom. The number of hydrogen-bond acceptors (Lipinski definition) is 6. The average molecular weight is 493 g/mol. The molecule has 0 atom stereocenters. The van der Waals surface area contributed by atoms with Crippen LogP contribution in [0.5, 0.6) is 0 Å². The number of nitrogens with one attached hydrogen (secondary N) is 2. The molecule has 0 radical (unpaired) electrons. The molecule has 184 valence electrons. The number of hydrogen-bond donors (Lipinski definition) is 2. The molecular formula is C23H29FN4O5S. The molecule has 0 bridgehead atoms. The van der Waals surface area contributed by atoms with Crippen LogP contribution in [0.2, 0.25) is 0 Å². The molecule has 2 aromatic carbocycles. The second-order valence-electron chi connectivity index (χ2n) is 7.88. The van der Waals surface area contributed by atoms with Gasteiger partial charge in [-0.05, 0) is 36.8 Å². The molecule has 0 unspecified atom stereocenters. The van der Waals surface area contributed by atoms with E-state index in [0.717, 1.165) is 12.5 Å². The minimum absolute atomic E-state index is 0.0730. The van der Waals surface area contributed by atoms with E-state index in [1.54, 1.807) is 18.1 Å². The zero-order chi connectivity index (χ0) is 24.6. The van der Waals surface area contributed by atoms with Crippen molar-refractivity contribution in [2.45, 2.75) is 11.3 Å². The van der Waals surface area contributed by atoms with Gasteiger partial charge in [0.1, 0.15) is 5.82 Å². The molecule has 1 saturated heterocycles. The number of carbonyl (C=O) groups excluding carboxylic acids is 2.